The summed E-state index contributed by atoms with van der Waals surface area (Å²) >= 11 is 0. The van der Waals surface area contributed by atoms with Crippen LogP contribution in [-0.4, -0.2) is 27.1 Å². The number of halogens is 3. The van der Waals surface area contributed by atoms with Gasteiger partial charge in [0.25, 0.3) is 15.9 Å². The fraction of sp³-hybridized carbons (Fsp3) is 0.200. The number of alkyl halides is 3. The summed E-state index contributed by atoms with van der Waals surface area (Å²) in [5.74, 6) is -0.820. The molecule has 0 spiro atoms. The Labute approximate surface area is 202 Å². The highest BCUT2D eigenvalue weighted by atomic mass is 32.2. The molecule has 35 heavy (non-hydrogen) atoms. The zero-order valence-corrected chi connectivity index (χ0v) is 20.1. The van der Waals surface area contributed by atoms with E-state index in [1.165, 1.54) is 36.5 Å². The first-order chi connectivity index (χ1) is 16.4. The number of benzene rings is 3. The maximum Gasteiger partial charge on any atom is 0.416 e. The van der Waals surface area contributed by atoms with Gasteiger partial charge in [0.2, 0.25) is 0 Å². The number of sulfonamides is 1. The number of hydrogen-bond acceptors (Lipinski definition) is 4. The Morgan fingerprint density at radius 3 is 2.31 bits per heavy atom. The van der Waals surface area contributed by atoms with Crippen molar-refractivity contribution in [2.24, 2.45) is 5.10 Å². The molecule has 10 heteroatoms. The molecule has 6 nitrogen and oxygen atoms in total. The molecule has 1 amide bonds. The van der Waals surface area contributed by atoms with Gasteiger partial charge in [-0.2, -0.15) is 18.3 Å². The van der Waals surface area contributed by atoms with Crippen LogP contribution >= 0.6 is 0 Å². The average molecular weight is 504 g/mol. The van der Waals surface area contributed by atoms with Crippen molar-refractivity contribution in [2.45, 2.75) is 31.8 Å². The van der Waals surface area contributed by atoms with Gasteiger partial charge >= 0.3 is 6.18 Å². The largest absolute Gasteiger partial charge is 0.416 e. The average Bonchev–Trinajstić information content (AvgIpc) is 2.82. The second kappa shape index (κ2) is 10.3. The van der Waals surface area contributed by atoms with Crippen molar-refractivity contribution in [2.75, 3.05) is 10.8 Å². The van der Waals surface area contributed by atoms with Gasteiger partial charge in [-0.05, 0) is 73.4 Å². The van der Waals surface area contributed by atoms with E-state index in [-0.39, 0.29) is 10.6 Å². The van der Waals surface area contributed by atoms with Gasteiger partial charge in [0.05, 0.1) is 22.4 Å². The number of rotatable bonds is 7. The Hall–Kier alpha value is -3.66. The van der Waals surface area contributed by atoms with E-state index in [0.717, 1.165) is 34.4 Å². The Kier molecular flexibility index (Phi) is 7.64. The van der Waals surface area contributed by atoms with Crippen molar-refractivity contribution in [1.29, 1.82) is 0 Å². The van der Waals surface area contributed by atoms with Gasteiger partial charge in [-0.25, -0.2) is 13.8 Å². The van der Waals surface area contributed by atoms with Crippen molar-refractivity contribution in [3.05, 3.63) is 94.5 Å². The standard InChI is InChI=1S/C25H24F3N3O3S/c1-17-12-13-20(19(3)18(17)2)15-29-30-24(32)16-31(35(33,34)23-10-5-4-6-11-23)22-9-7-8-21(14-22)25(26,27)28/h4-15H,16H2,1-3H3,(H,30,32). The Balaban J connectivity index is 1.90. The second-order valence-corrected chi connectivity index (χ2v) is 9.75. The van der Waals surface area contributed by atoms with E-state index >= 15 is 0 Å². The van der Waals surface area contributed by atoms with E-state index in [2.05, 4.69) is 10.5 Å². The van der Waals surface area contributed by atoms with Gasteiger partial charge < -0.3 is 0 Å². The van der Waals surface area contributed by atoms with Crippen LogP contribution in [0.1, 0.15) is 27.8 Å². The highest BCUT2D eigenvalue weighted by Gasteiger charge is 2.33. The van der Waals surface area contributed by atoms with E-state index in [4.69, 9.17) is 0 Å². The highest BCUT2D eigenvalue weighted by Crippen LogP contribution is 2.33. The van der Waals surface area contributed by atoms with Crippen LogP contribution < -0.4 is 9.73 Å². The number of hydrogen-bond donors (Lipinski definition) is 1. The summed E-state index contributed by atoms with van der Waals surface area (Å²) in [4.78, 5) is 12.5. The summed E-state index contributed by atoms with van der Waals surface area (Å²) in [5, 5.41) is 3.91. The van der Waals surface area contributed by atoms with Crippen LogP contribution in [0.25, 0.3) is 0 Å². The fourth-order valence-electron chi connectivity index (χ4n) is 3.33. The Morgan fingerprint density at radius 1 is 0.971 bits per heavy atom. The Morgan fingerprint density at radius 2 is 1.66 bits per heavy atom. The third kappa shape index (κ3) is 6.07. The lowest BCUT2D eigenvalue weighted by molar-refractivity contribution is -0.137. The third-order valence-corrected chi connectivity index (χ3v) is 7.36. The number of anilines is 1. The molecule has 3 aromatic rings. The number of hydrazone groups is 1. The maximum atomic E-state index is 13.3. The summed E-state index contributed by atoms with van der Waals surface area (Å²) in [7, 11) is -4.35. The molecule has 184 valence electrons. The molecule has 0 unspecified atom stereocenters. The summed E-state index contributed by atoms with van der Waals surface area (Å²) in [6.45, 7) is 5.07. The molecule has 0 fully saturated rings. The molecule has 0 atom stereocenters. The van der Waals surface area contributed by atoms with Gasteiger partial charge in [0.15, 0.2) is 0 Å². The number of amides is 1. The van der Waals surface area contributed by atoms with Crippen molar-refractivity contribution in [3.63, 3.8) is 0 Å². The lowest BCUT2D eigenvalue weighted by Crippen LogP contribution is -2.39. The molecule has 1 N–H and O–H groups in total. The monoisotopic (exact) mass is 503 g/mol. The summed E-state index contributed by atoms with van der Waals surface area (Å²) < 4.78 is 66.9. The molecular formula is C25H24F3N3O3S. The molecule has 3 rings (SSSR count). The van der Waals surface area contributed by atoms with E-state index < -0.39 is 34.2 Å². The van der Waals surface area contributed by atoms with Gasteiger partial charge in [-0.15, -0.1) is 0 Å². The summed E-state index contributed by atoms with van der Waals surface area (Å²) in [5.41, 5.74) is 4.84. The minimum absolute atomic E-state index is 0.167. The number of nitrogens with zero attached hydrogens (tertiary/aromatic N) is 2. The Bertz CT molecular complexity index is 1360. The number of carbonyl (C=O) groups excluding carboxylic acids is 1. The maximum absolute atomic E-state index is 13.3. The van der Waals surface area contributed by atoms with Crippen molar-refractivity contribution < 1.29 is 26.4 Å². The SMILES string of the molecule is Cc1ccc(C=NNC(=O)CN(c2cccc(C(F)(F)F)c2)S(=O)(=O)c2ccccc2)c(C)c1C. The molecule has 0 radical (unpaired) electrons. The molecule has 0 aliphatic heterocycles. The molecule has 0 heterocycles. The van der Waals surface area contributed by atoms with Crippen LogP contribution in [0.5, 0.6) is 0 Å². The zero-order valence-electron chi connectivity index (χ0n) is 19.3. The topological polar surface area (TPSA) is 78.8 Å². The van der Waals surface area contributed by atoms with Crippen molar-refractivity contribution >= 4 is 27.8 Å². The van der Waals surface area contributed by atoms with Gasteiger partial charge in [-0.1, -0.05) is 36.4 Å². The van der Waals surface area contributed by atoms with E-state index in [9.17, 15) is 26.4 Å². The predicted molar refractivity (Wildman–Crippen MR) is 129 cm³/mol. The first-order valence-corrected chi connectivity index (χ1v) is 12.0. The third-order valence-electron chi connectivity index (χ3n) is 5.57. The molecule has 0 aromatic heterocycles. The molecule has 3 aromatic carbocycles. The van der Waals surface area contributed by atoms with Crippen LogP contribution in [0.15, 0.2) is 76.7 Å². The van der Waals surface area contributed by atoms with Crippen LogP contribution in [0.2, 0.25) is 0 Å². The van der Waals surface area contributed by atoms with E-state index in [1.807, 2.05) is 32.9 Å². The summed E-state index contributed by atoms with van der Waals surface area (Å²) in [6.07, 6.45) is -3.26. The first kappa shape index (κ1) is 26.0. The minimum atomic E-state index is -4.69. The van der Waals surface area contributed by atoms with Crippen molar-refractivity contribution in [1.82, 2.24) is 5.43 Å². The first-order valence-electron chi connectivity index (χ1n) is 10.5. The quantitative estimate of drug-likeness (QED) is 0.365. The highest BCUT2D eigenvalue weighted by molar-refractivity contribution is 7.92. The van der Waals surface area contributed by atoms with E-state index in [0.29, 0.717) is 10.4 Å². The summed E-state index contributed by atoms with van der Waals surface area (Å²) in [6, 6.07) is 14.7. The van der Waals surface area contributed by atoms with Crippen LogP contribution in [0.4, 0.5) is 18.9 Å². The lowest BCUT2D eigenvalue weighted by Gasteiger charge is -2.24. The smallest absolute Gasteiger partial charge is 0.271 e. The van der Waals surface area contributed by atoms with Crippen LogP contribution in [-0.2, 0) is 21.0 Å². The fourth-order valence-corrected chi connectivity index (χ4v) is 4.76. The van der Waals surface area contributed by atoms with Crippen LogP contribution in [0, 0.1) is 20.8 Å². The molecular weight excluding hydrogens is 479 g/mol. The molecule has 0 saturated carbocycles. The zero-order chi connectivity index (χ0) is 25.8. The predicted octanol–water partition coefficient (Wildman–Crippen LogP) is 4.98. The normalized spacial score (nSPS) is 12.1. The number of aryl methyl sites for hydroxylation is 1. The van der Waals surface area contributed by atoms with Gasteiger partial charge in [-0.3, -0.25) is 9.10 Å². The second-order valence-electron chi connectivity index (χ2n) is 7.89. The number of carbonyl (C=O) groups is 1. The number of nitrogens with one attached hydrogen (secondary N) is 1. The van der Waals surface area contributed by atoms with Crippen LogP contribution in [0.3, 0.4) is 0 Å². The minimum Gasteiger partial charge on any atom is -0.271 e. The van der Waals surface area contributed by atoms with Gasteiger partial charge in [0, 0.05) is 0 Å². The molecule has 0 saturated heterocycles. The molecule has 0 bridgehead atoms. The van der Waals surface area contributed by atoms with Gasteiger partial charge in [0.1, 0.15) is 6.54 Å². The van der Waals surface area contributed by atoms with E-state index in [1.54, 1.807) is 6.07 Å². The molecule has 0 aliphatic carbocycles. The molecule has 0 aliphatic rings. The van der Waals surface area contributed by atoms with Crippen molar-refractivity contribution in [3.8, 4) is 0 Å². The lowest BCUT2D eigenvalue weighted by atomic mass is 10.00.